The fourth-order valence-electron chi connectivity index (χ4n) is 0.539. The Labute approximate surface area is 47.1 Å². The fraction of sp³-hybridized carbons (Fsp3) is 1.00. The molecule has 0 bridgehead atoms. The zero-order chi connectivity index (χ0) is 5.98. The van der Waals surface area contributed by atoms with Crippen LogP contribution in [0, 0.1) is 0 Å². The Hall–Kier alpha value is -0.730. The molecule has 44 valence electrons. The lowest BCUT2D eigenvalue weighted by Gasteiger charge is -1.74. The van der Waals surface area contributed by atoms with Crippen LogP contribution in [0.25, 0.3) is 10.4 Å². The molecule has 2 atom stereocenters. The van der Waals surface area contributed by atoms with E-state index in [1.165, 1.54) is 0 Å². The first-order chi connectivity index (χ1) is 3.84. The lowest BCUT2D eigenvalue weighted by molar-refractivity contribution is 0.381. The van der Waals surface area contributed by atoms with Gasteiger partial charge in [0, 0.05) is 4.91 Å². The van der Waals surface area contributed by atoms with Crippen LogP contribution in [0.5, 0.6) is 0 Å². The quantitative estimate of drug-likeness (QED) is 0.229. The van der Waals surface area contributed by atoms with Crippen LogP contribution in [0.2, 0.25) is 0 Å². The van der Waals surface area contributed by atoms with Gasteiger partial charge in [0.2, 0.25) is 0 Å². The van der Waals surface area contributed by atoms with Gasteiger partial charge in [-0.3, -0.25) is 0 Å². The minimum absolute atomic E-state index is 0.200. The third-order valence-corrected chi connectivity index (χ3v) is 1.16. The number of hydrogen-bond acceptors (Lipinski definition) is 2. The largest absolute Gasteiger partial charge is 0.370 e. The molecule has 0 aromatic rings. The molecule has 0 radical (unpaired) electrons. The summed E-state index contributed by atoms with van der Waals surface area (Å²) in [6.45, 7) is 2.44. The number of azide groups is 1. The average molecular weight is 113 g/mol. The maximum Gasteiger partial charge on any atom is 0.0895 e. The zero-order valence-electron chi connectivity index (χ0n) is 4.61. The van der Waals surface area contributed by atoms with Crippen LogP contribution in [-0.2, 0) is 4.74 Å². The van der Waals surface area contributed by atoms with Crippen molar-refractivity contribution >= 4 is 0 Å². The van der Waals surface area contributed by atoms with Crippen molar-refractivity contribution in [1.82, 2.24) is 0 Å². The van der Waals surface area contributed by atoms with E-state index in [2.05, 4.69) is 10.0 Å². The van der Waals surface area contributed by atoms with E-state index in [9.17, 15) is 0 Å². The maximum absolute atomic E-state index is 7.83. The molecule has 0 spiro atoms. The normalized spacial score (nSPS) is 33.6. The van der Waals surface area contributed by atoms with Crippen molar-refractivity contribution in [3.63, 3.8) is 0 Å². The Morgan fingerprint density at radius 3 is 2.88 bits per heavy atom. The van der Waals surface area contributed by atoms with Crippen LogP contribution in [0.15, 0.2) is 5.11 Å². The number of ether oxygens (including phenoxy) is 1. The van der Waals surface area contributed by atoms with Crippen LogP contribution >= 0.6 is 0 Å². The van der Waals surface area contributed by atoms with Crippen molar-refractivity contribution in [2.75, 3.05) is 6.54 Å². The standard InChI is InChI=1S/C4H7N3O/c1-3-4(8-3)2-6-7-5/h3-4H,2H2,1H3. The first kappa shape index (κ1) is 5.41. The van der Waals surface area contributed by atoms with Crippen LogP contribution in [0.3, 0.4) is 0 Å². The smallest absolute Gasteiger partial charge is 0.0895 e. The van der Waals surface area contributed by atoms with Gasteiger partial charge in [-0.1, -0.05) is 5.11 Å². The number of epoxide rings is 1. The van der Waals surface area contributed by atoms with Crippen LogP contribution in [-0.4, -0.2) is 18.8 Å². The van der Waals surface area contributed by atoms with Crippen LogP contribution in [0.1, 0.15) is 6.92 Å². The molecule has 1 rings (SSSR count). The third kappa shape index (κ3) is 1.12. The topological polar surface area (TPSA) is 61.3 Å². The van der Waals surface area contributed by atoms with Gasteiger partial charge in [-0.15, -0.1) is 0 Å². The first-order valence-corrected chi connectivity index (χ1v) is 2.51. The summed E-state index contributed by atoms with van der Waals surface area (Å²) in [5.41, 5.74) is 7.83. The van der Waals surface area contributed by atoms with Gasteiger partial charge >= 0.3 is 0 Å². The van der Waals surface area contributed by atoms with Crippen LogP contribution in [0.4, 0.5) is 0 Å². The molecule has 1 saturated heterocycles. The second kappa shape index (κ2) is 2.03. The molecule has 1 fully saturated rings. The van der Waals surface area contributed by atoms with Crippen molar-refractivity contribution in [2.24, 2.45) is 5.11 Å². The number of hydrogen-bond donors (Lipinski definition) is 0. The highest BCUT2D eigenvalue weighted by molar-refractivity contribution is 4.82. The Kier molecular flexibility index (Phi) is 1.37. The molecule has 4 nitrogen and oxygen atoms in total. The molecule has 0 amide bonds. The van der Waals surface area contributed by atoms with E-state index in [0.717, 1.165) is 0 Å². The van der Waals surface area contributed by atoms with Crippen molar-refractivity contribution < 1.29 is 4.74 Å². The molecule has 1 aliphatic heterocycles. The highest BCUT2D eigenvalue weighted by atomic mass is 16.6. The summed E-state index contributed by atoms with van der Waals surface area (Å²) in [6.07, 6.45) is 0.506. The molecular weight excluding hydrogens is 106 g/mol. The number of rotatable bonds is 2. The second-order valence-electron chi connectivity index (χ2n) is 1.79. The third-order valence-electron chi connectivity index (χ3n) is 1.16. The van der Waals surface area contributed by atoms with E-state index < -0.39 is 0 Å². The summed E-state index contributed by atoms with van der Waals surface area (Å²) >= 11 is 0. The summed E-state index contributed by atoms with van der Waals surface area (Å²) in [5, 5.41) is 3.34. The molecule has 0 N–H and O–H groups in total. The summed E-state index contributed by atoms with van der Waals surface area (Å²) in [6, 6.07) is 0. The highest BCUT2D eigenvalue weighted by Crippen LogP contribution is 2.20. The Morgan fingerprint density at radius 2 is 2.50 bits per heavy atom. The SMILES string of the molecule is CC1OC1CN=[N+]=[N-]. The number of nitrogens with zero attached hydrogens (tertiary/aromatic N) is 3. The molecule has 4 heteroatoms. The van der Waals surface area contributed by atoms with Gasteiger partial charge in [0.15, 0.2) is 0 Å². The van der Waals surface area contributed by atoms with Gasteiger partial charge < -0.3 is 4.74 Å². The summed E-state index contributed by atoms with van der Waals surface area (Å²) in [7, 11) is 0. The Morgan fingerprint density at radius 1 is 1.88 bits per heavy atom. The minimum atomic E-state index is 0.200. The monoisotopic (exact) mass is 113 g/mol. The van der Waals surface area contributed by atoms with Gasteiger partial charge in [0.1, 0.15) is 0 Å². The van der Waals surface area contributed by atoms with Crippen molar-refractivity contribution in [1.29, 1.82) is 0 Å². The van der Waals surface area contributed by atoms with Gasteiger partial charge in [0.05, 0.1) is 18.8 Å². The van der Waals surface area contributed by atoms with Crippen molar-refractivity contribution in [2.45, 2.75) is 19.1 Å². The summed E-state index contributed by atoms with van der Waals surface area (Å²) in [4.78, 5) is 2.60. The van der Waals surface area contributed by atoms with Crippen molar-refractivity contribution in [3.05, 3.63) is 10.4 Å². The maximum atomic E-state index is 7.83. The zero-order valence-corrected chi connectivity index (χ0v) is 4.61. The van der Waals surface area contributed by atoms with E-state index in [0.29, 0.717) is 12.6 Å². The molecule has 0 aliphatic carbocycles. The van der Waals surface area contributed by atoms with Gasteiger partial charge in [-0.2, -0.15) is 0 Å². The lowest BCUT2D eigenvalue weighted by atomic mass is 10.3. The minimum Gasteiger partial charge on any atom is -0.370 e. The lowest BCUT2D eigenvalue weighted by Crippen LogP contribution is -1.91. The van der Waals surface area contributed by atoms with E-state index in [-0.39, 0.29) is 6.10 Å². The van der Waals surface area contributed by atoms with Gasteiger partial charge in [0.25, 0.3) is 0 Å². The van der Waals surface area contributed by atoms with E-state index in [4.69, 9.17) is 10.3 Å². The molecule has 0 aromatic carbocycles. The molecule has 2 unspecified atom stereocenters. The van der Waals surface area contributed by atoms with Crippen molar-refractivity contribution in [3.8, 4) is 0 Å². The molecular formula is C4H7N3O. The van der Waals surface area contributed by atoms with Crippen LogP contribution < -0.4 is 0 Å². The summed E-state index contributed by atoms with van der Waals surface area (Å²) < 4.78 is 4.95. The second-order valence-corrected chi connectivity index (χ2v) is 1.79. The van der Waals surface area contributed by atoms with Gasteiger partial charge in [-0.25, -0.2) is 0 Å². The Balaban J connectivity index is 2.13. The van der Waals surface area contributed by atoms with E-state index in [1.54, 1.807) is 0 Å². The van der Waals surface area contributed by atoms with Gasteiger partial charge in [-0.05, 0) is 12.5 Å². The molecule has 1 heterocycles. The molecule has 8 heavy (non-hydrogen) atoms. The van der Waals surface area contributed by atoms with E-state index >= 15 is 0 Å². The predicted molar refractivity (Wildman–Crippen MR) is 28.3 cm³/mol. The molecule has 1 aliphatic rings. The predicted octanol–water partition coefficient (Wildman–Crippen LogP) is 1.08. The Bertz CT molecular complexity index is 129. The first-order valence-electron chi connectivity index (χ1n) is 2.51. The molecule has 0 saturated carbocycles. The van der Waals surface area contributed by atoms with E-state index in [1.807, 2.05) is 6.92 Å². The fourth-order valence-corrected chi connectivity index (χ4v) is 0.539. The average Bonchev–Trinajstić information content (AvgIpc) is 2.42. The summed E-state index contributed by atoms with van der Waals surface area (Å²) in [5.74, 6) is 0. The molecule has 0 aromatic heterocycles. The highest BCUT2D eigenvalue weighted by Gasteiger charge is 2.32.